The van der Waals surface area contributed by atoms with Gasteiger partial charge in [-0.2, -0.15) is 0 Å². The Morgan fingerprint density at radius 1 is 1.11 bits per heavy atom. The van der Waals surface area contributed by atoms with Gasteiger partial charge < -0.3 is 10.2 Å². The summed E-state index contributed by atoms with van der Waals surface area (Å²) in [5.41, 5.74) is 3.66. The molecule has 1 N–H and O–H groups in total. The van der Waals surface area contributed by atoms with E-state index in [1.807, 2.05) is 0 Å². The zero-order valence-corrected chi connectivity index (χ0v) is 12.3. The summed E-state index contributed by atoms with van der Waals surface area (Å²) in [6.45, 7) is 8.48. The molecule has 3 rings (SSSR count). The first-order valence-corrected chi connectivity index (χ1v) is 6.58. The maximum Gasteiger partial charge on any atom is 0.132 e. The molecule has 3 nitrogen and oxygen atoms in total. The van der Waals surface area contributed by atoms with Gasteiger partial charge in [-0.25, -0.2) is 4.98 Å². The van der Waals surface area contributed by atoms with E-state index in [9.17, 15) is 0 Å². The van der Waals surface area contributed by atoms with Gasteiger partial charge in [0.25, 0.3) is 0 Å². The molecule has 0 amide bonds. The minimum Gasteiger partial charge on any atom is -0.354 e. The molecule has 0 aliphatic carbocycles. The molecule has 1 aliphatic heterocycles. The quantitative estimate of drug-likeness (QED) is 0.869. The van der Waals surface area contributed by atoms with E-state index < -0.39 is 0 Å². The van der Waals surface area contributed by atoms with Crippen molar-refractivity contribution in [1.82, 2.24) is 10.3 Å². The van der Waals surface area contributed by atoms with Gasteiger partial charge >= 0.3 is 0 Å². The highest BCUT2D eigenvalue weighted by molar-refractivity contribution is 5.85. The Balaban J connectivity index is 0.00000133. The first-order valence-electron chi connectivity index (χ1n) is 6.58. The van der Waals surface area contributed by atoms with Crippen LogP contribution in [0.1, 0.15) is 11.1 Å². The largest absolute Gasteiger partial charge is 0.354 e. The summed E-state index contributed by atoms with van der Waals surface area (Å²) in [6.07, 6.45) is 0. The van der Waals surface area contributed by atoms with Crippen LogP contribution in [0.25, 0.3) is 10.9 Å². The molecule has 4 heteroatoms. The molecular weight excluding hydrogens is 258 g/mol. The Morgan fingerprint density at radius 2 is 1.84 bits per heavy atom. The number of hydrogen-bond donors (Lipinski definition) is 1. The fraction of sp³-hybridized carbons (Fsp3) is 0.400. The molecule has 1 saturated heterocycles. The molecule has 2 aromatic rings. The number of aryl methyl sites for hydroxylation is 2. The second-order valence-electron chi connectivity index (χ2n) is 5.01. The van der Waals surface area contributed by atoms with E-state index >= 15 is 0 Å². The van der Waals surface area contributed by atoms with Crippen molar-refractivity contribution in [3.63, 3.8) is 0 Å². The fourth-order valence-electron chi connectivity index (χ4n) is 2.64. The van der Waals surface area contributed by atoms with Crippen molar-refractivity contribution in [3.8, 4) is 0 Å². The first kappa shape index (κ1) is 14.1. The summed E-state index contributed by atoms with van der Waals surface area (Å²) in [4.78, 5) is 7.28. The lowest BCUT2D eigenvalue weighted by Gasteiger charge is -2.29. The first-order chi connectivity index (χ1) is 8.75. The average Bonchev–Trinajstić information content (AvgIpc) is 2.39. The van der Waals surface area contributed by atoms with Crippen LogP contribution in [0, 0.1) is 13.8 Å². The normalized spacial score (nSPS) is 15.4. The van der Waals surface area contributed by atoms with Gasteiger partial charge in [-0.15, -0.1) is 12.4 Å². The number of aromatic nitrogens is 1. The molecule has 1 aromatic heterocycles. The number of fused-ring (bicyclic) bond motifs is 1. The number of hydrogen-bond acceptors (Lipinski definition) is 3. The summed E-state index contributed by atoms with van der Waals surface area (Å²) >= 11 is 0. The van der Waals surface area contributed by atoms with Gasteiger partial charge in [-0.3, -0.25) is 0 Å². The smallest absolute Gasteiger partial charge is 0.132 e. The van der Waals surface area contributed by atoms with Gasteiger partial charge in [-0.1, -0.05) is 18.2 Å². The Labute approximate surface area is 120 Å². The summed E-state index contributed by atoms with van der Waals surface area (Å²) in [7, 11) is 0. The van der Waals surface area contributed by atoms with Gasteiger partial charge in [0.15, 0.2) is 0 Å². The molecule has 1 aliphatic rings. The van der Waals surface area contributed by atoms with E-state index in [2.05, 4.69) is 48.3 Å². The Hall–Kier alpha value is -1.32. The maximum atomic E-state index is 4.90. The van der Waals surface area contributed by atoms with Crippen molar-refractivity contribution in [3.05, 3.63) is 35.4 Å². The van der Waals surface area contributed by atoms with E-state index in [0.29, 0.717) is 0 Å². The highest BCUT2D eigenvalue weighted by Crippen LogP contribution is 2.25. The molecule has 1 aromatic carbocycles. The second kappa shape index (κ2) is 5.76. The van der Waals surface area contributed by atoms with Crippen molar-refractivity contribution < 1.29 is 0 Å². The summed E-state index contributed by atoms with van der Waals surface area (Å²) in [5.74, 6) is 1.15. The lowest BCUT2D eigenvalue weighted by molar-refractivity contribution is 0.584. The minimum atomic E-state index is 0. The Morgan fingerprint density at radius 3 is 2.58 bits per heavy atom. The Kier molecular flexibility index (Phi) is 4.27. The van der Waals surface area contributed by atoms with Crippen molar-refractivity contribution in [1.29, 1.82) is 0 Å². The third kappa shape index (κ3) is 2.67. The van der Waals surface area contributed by atoms with Crippen LogP contribution in [0.3, 0.4) is 0 Å². The zero-order valence-electron chi connectivity index (χ0n) is 11.4. The van der Waals surface area contributed by atoms with Crippen LogP contribution in [0.5, 0.6) is 0 Å². The van der Waals surface area contributed by atoms with Crippen LogP contribution in [-0.4, -0.2) is 31.2 Å². The molecule has 0 spiro atoms. The fourth-order valence-corrected chi connectivity index (χ4v) is 2.64. The molecule has 1 fully saturated rings. The number of pyridine rings is 1. The van der Waals surface area contributed by atoms with E-state index in [0.717, 1.165) is 37.5 Å². The highest BCUT2D eigenvalue weighted by Gasteiger charge is 2.15. The molecule has 0 saturated carbocycles. The molecule has 0 bridgehead atoms. The van der Waals surface area contributed by atoms with Gasteiger partial charge in [-0.05, 0) is 31.0 Å². The van der Waals surface area contributed by atoms with Gasteiger partial charge in [0.05, 0.1) is 5.52 Å². The molecule has 102 valence electrons. The van der Waals surface area contributed by atoms with Crippen LogP contribution in [0.4, 0.5) is 5.82 Å². The van der Waals surface area contributed by atoms with Crippen LogP contribution < -0.4 is 10.2 Å². The third-order valence-electron chi connectivity index (χ3n) is 3.63. The number of halogens is 1. The highest BCUT2D eigenvalue weighted by atomic mass is 35.5. The number of piperazine rings is 1. The molecule has 0 atom stereocenters. The molecule has 0 radical (unpaired) electrons. The average molecular weight is 278 g/mol. The van der Waals surface area contributed by atoms with Gasteiger partial charge in [0.1, 0.15) is 5.82 Å². The number of nitrogens with one attached hydrogen (secondary N) is 1. The van der Waals surface area contributed by atoms with E-state index in [1.165, 1.54) is 16.5 Å². The molecule has 19 heavy (non-hydrogen) atoms. The van der Waals surface area contributed by atoms with Crippen LogP contribution >= 0.6 is 12.4 Å². The number of benzene rings is 1. The summed E-state index contributed by atoms with van der Waals surface area (Å²) < 4.78 is 0. The SMILES string of the molecule is Cc1cc2cccc(C)c2nc1N1CCNCC1.Cl. The van der Waals surface area contributed by atoms with Gasteiger partial charge in [0.2, 0.25) is 0 Å². The molecule has 2 heterocycles. The van der Waals surface area contributed by atoms with Crippen molar-refractivity contribution in [2.45, 2.75) is 13.8 Å². The molecular formula is C15H20ClN3. The predicted molar refractivity (Wildman–Crippen MR) is 83.5 cm³/mol. The zero-order chi connectivity index (χ0) is 12.5. The molecule has 0 unspecified atom stereocenters. The number of nitrogens with zero attached hydrogens (tertiary/aromatic N) is 2. The lowest BCUT2D eigenvalue weighted by Crippen LogP contribution is -2.44. The van der Waals surface area contributed by atoms with E-state index in [1.54, 1.807) is 0 Å². The number of anilines is 1. The van der Waals surface area contributed by atoms with Crippen molar-refractivity contribution in [2.24, 2.45) is 0 Å². The lowest BCUT2D eigenvalue weighted by atomic mass is 10.1. The van der Waals surface area contributed by atoms with Crippen LogP contribution in [-0.2, 0) is 0 Å². The third-order valence-corrected chi connectivity index (χ3v) is 3.63. The number of para-hydroxylation sites is 1. The van der Waals surface area contributed by atoms with Crippen molar-refractivity contribution >= 4 is 29.1 Å². The maximum absolute atomic E-state index is 4.90. The Bertz CT molecular complexity index is 577. The second-order valence-corrected chi connectivity index (χ2v) is 5.01. The summed E-state index contributed by atoms with van der Waals surface area (Å²) in [5, 5.41) is 4.63. The standard InChI is InChI=1S/C15H19N3.ClH/c1-11-4-3-5-13-10-12(2)15(17-14(11)13)18-8-6-16-7-9-18;/h3-5,10,16H,6-9H2,1-2H3;1H. The van der Waals surface area contributed by atoms with E-state index in [4.69, 9.17) is 4.98 Å². The van der Waals surface area contributed by atoms with Crippen LogP contribution in [0.15, 0.2) is 24.3 Å². The predicted octanol–water partition coefficient (Wildman–Crippen LogP) is 2.68. The van der Waals surface area contributed by atoms with E-state index in [-0.39, 0.29) is 12.4 Å². The van der Waals surface area contributed by atoms with Gasteiger partial charge in [0, 0.05) is 31.6 Å². The number of rotatable bonds is 1. The minimum absolute atomic E-state index is 0. The van der Waals surface area contributed by atoms with Crippen molar-refractivity contribution in [2.75, 3.05) is 31.1 Å². The summed E-state index contributed by atoms with van der Waals surface area (Å²) in [6, 6.07) is 8.63. The topological polar surface area (TPSA) is 28.2 Å². The monoisotopic (exact) mass is 277 g/mol. The van der Waals surface area contributed by atoms with Crippen LogP contribution in [0.2, 0.25) is 0 Å².